The number of imidazole rings is 1. The molecule has 0 bridgehead atoms. The van der Waals surface area contributed by atoms with E-state index in [-0.39, 0.29) is 48.9 Å². The van der Waals surface area contributed by atoms with Crippen LogP contribution in [0.3, 0.4) is 0 Å². The average molecular weight is 552 g/mol. The first-order valence-corrected chi connectivity index (χ1v) is 12.9. The summed E-state index contributed by atoms with van der Waals surface area (Å²) >= 11 is 0. The molecule has 0 spiro atoms. The lowest BCUT2D eigenvalue weighted by molar-refractivity contribution is -0.128. The molecule has 10 nitrogen and oxygen atoms in total. The second-order valence-electron chi connectivity index (χ2n) is 10.7. The van der Waals surface area contributed by atoms with Crippen molar-refractivity contribution in [2.24, 2.45) is 11.8 Å². The largest absolute Gasteiger partial charge is 0.349 e. The number of carbonyl (C=O) groups excluding carboxylic acids is 2. The molecular formula is C25H29F4N7O3. The summed E-state index contributed by atoms with van der Waals surface area (Å²) in [6, 6.07) is 0.514. The summed E-state index contributed by atoms with van der Waals surface area (Å²) in [6.45, 7) is 2.26. The van der Waals surface area contributed by atoms with Crippen LogP contribution in [-0.4, -0.2) is 48.6 Å². The quantitative estimate of drug-likeness (QED) is 0.379. The van der Waals surface area contributed by atoms with Crippen molar-refractivity contribution < 1.29 is 31.8 Å². The van der Waals surface area contributed by atoms with Gasteiger partial charge in [-0.3, -0.25) is 9.59 Å². The van der Waals surface area contributed by atoms with Crippen LogP contribution in [0.4, 0.5) is 17.6 Å². The molecule has 0 radical (unpaired) electrons. The number of fused-ring (bicyclic) bond motifs is 1. The molecule has 2 aliphatic rings. The summed E-state index contributed by atoms with van der Waals surface area (Å²) in [6.07, 6.45) is 3.69. The number of nitrogens with zero attached hydrogens (tertiary/aromatic N) is 5. The molecule has 39 heavy (non-hydrogen) atoms. The molecule has 2 saturated carbocycles. The van der Waals surface area contributed by atoms with Gasteiger partial charge in [0.05, 0.1) is 36.6 Å². The Labute approximate surface area is 220 Å². The molecule has 210 valence electrons. The summed E-state index contributed by atoms with van der Waals surface area (Å²) in [5, 5.41) is 17.2. The van der Waals surface area contributed by atoms with Gasteiger partial charge in [-0.05, 0) is 68.2 Å². The molecule has 3 aromatic rings. The Morgan fingerprint density at radius 2 is 1.82 bits per heavy atom. The molecule has 5 rings (SSSR count). The van der Waals surface area contributed by atoms with Gasteiger partial charge in [-0.15, -0.1) is 0 Å². The Bertz CT molecular complexity index is 1360. The van der Waals surface area contributed by atoms with Crippen LogP contribution < -0.4 is 10.6 Å². The number of carbonyl (C=O) groups is 2. The summed E-state index contributed by atoms with van der Waals surface area (Å²) in [5.74, 6) is -7.40. The third-order valence-electron chi connectivity index (χ3n) is 7.31. The minimum atomic E-state index is -3.12. The molecule has 2 atom stereocenters. The number of halogens is 4. The maximum atomic E-state index is 13.9. The molecule has 2 aliphatic carbocycles. The van der Waals surface area contributed by atoms with Crippen molar-refractivity contribution in [3.8, 4) is 0 Å². The minimum Gasteiger partial charge on any atom is -0.349 e. The summed E-state index contributed by atoms with van der Waals surface area (Å²) in [7, 11) is 0. The first-order chi connectivity index (χ1) is 18.4. The van der Waals surface area contributed by atoms with E-state index < -0.39 is 42.2 Å². The van der Waals surface area contributed by atoms with Gasteiger partial charge in [-0.2, -0.15) is 5.10 Å². The van der Waals surface area contributed by atoms with Crippen LogP contribution in [0.1, 0.15) is 91.4 Å². The second-order valence-corrected chi connectivity index (χ2v) is 10.7. The number of amides is 2. The number of hydrogen-bond donors (Lipinski definition) is 2. The van der Waals surface area contributed by atoms with Gasteiger partial charge >= 0.3 is 0 Å². The van der Waals surface area contributed by atoms with Crippen LogP contribution in [0.25, 0.3) is 5.65 Å². The van der Waals surface area contributed by atoms with Gasteiger partial charge in [-0.1, -0.05) is 5.16 Å². The van der Waals surface area contributed by atoms with Gasteiger partial charge in [0.15, 0.2) is 11.3 Å². The monoisotopic (exact) mass is 551 g/mol. The van der Waals surface area contributed by atoms with Crippen LogP contribution in [-0.2, 0) is 4.79 Å². The van der Waals surface area contributed by atoms with E-state index in [4.69, 9.17) is 0 Å². The van der Waals surface area contributed by atoms with Crippen molar-refractivity contribution in [3.05, 3.63) is 41.1 Å². The van der Waals surface area contributed by atoms with Gasteiger partial charge < -0.3 is 10.6 Å². The normalized spacial score (nSPS) is 19.5. The lowest BCUT2D eigenvalue weighted by Gasteiger charge is -2.33. The number of rotatable bonds is 9. The van der Waals surface area contributed by atoms with Gasteiger partial charge in [-0.25, -0.2) is 31.7 Å². The molecule has 14 heteroatoms. The predicted molar refractivity (Wildman–Crippen MR) is 128 cm³/mol. The molecule has 0 aliphatic heterocycles. The molecule has 2 N–H and O–H groups in total. The number of aromatic nitrogens is 5. The van der Waals surface area contributed by atoms with Gasteiger partial charge in [0, 0.05) is 12.8 Å². The lowest BCUT2D eigenvalue weighted by Crippen LogP contribution is -2.37. The fourth-order valence-corrected chi connectivity index (χ4v) is 5.12. The molecule has 2 amide bonds. The van der Waals surface area contributed by atoms with E-state index in [0.717, 1.165) is 12.8 Å². The highest BCUT2D eigenvalue weighted by molar-refractivity contribution is 5.93. The molecular weight excluding hydrogens is 522 g/mol. The third kappa shape index (κ3) is 6.36. The number of aryl methyl sites for hydroxylation is 1. The molecule has 3 aromatic heterocycles. The molecule has 0 aromatic carbocycles. The Balaban J connectivity index is 1.42. The van der Waals surface area contributed by atoms with E-state index in [1.807, 2.05) is 0 Å². The fourth-order valence-electron chi connectivity index (χ4n) is 5.12. The first-order valence-electron chi connectivity index (χ1n) is 12.9. The Kier molecular flexibility index (Phi) is 7.06. The second kappa shape index (κ2) is 10.2. The maximum Gasteiger partial charge on any atom is 0.276 e. The fraction of sp³-hybridized carbons (Fsp3) is 0.600. The number of nitrogens with one attached hydrogen (secondary N) is 2. The molecule has 3 heterocycles. The highest BCUT2D eigenvalue weighted by Crippen LogP contribution is 2.43. The van der Waals surface area contributed by atoms with E-state index in [1.165, 1.54) is 4.52 Å². The molecule has 0 saturated heterocycles. The summed E-state index contributed by atoms with van der Waals surface area (Å²) < 4.78 is 60.6. The number of hydrogen-bond acceptors (Lipinski definition) is 7. The molecule has 2 fully saturated rings. The van der Waals surface area contributed by atoms with Crippen molar-refractivity contribution in [2.45, 2.75) is 82.7 Å². The zero-order valence-electron chi connectivity index (χ0n) is 21.5. The zero-order chi connectivity index (χ0) is 27.9. The van der Waals surface area contributed by atoms with E-state index in [2.05, 4.69) is 35.7 Å². The Hall–Kier alpha value is -3.58. The summed E-state index contributed by atoms with van der Waals surface area (Å²) in [5.41, 5.74) is 1.73. The number of alkyl halides is 4. The lowest BCUT2D eigenvalue weighted by atomic mass is 9.81. The van der Waals surface area contributed by atoms with Crippen molar-refractivity contribution in [1.29, 1.82) is 0 Å². The van der Waals surface area contributed by atoms with E-state index in [0.29, 0.717) is 23.8 Å². The predicted octanol–water partition coefficient (Wildman–Crippen LogP) is 4.33. The van der Waals surface area contributed by atoms with Crippen LogP contribution in [0, 0.1) is 18.8 Å². The van der Waals surface area contributed by atoms with Gasteiger partial charge in [0.2, 0.25) is 11.8 Å². The highest BCUT2D eigenvalue weighted by Gasteiger charge is 2.40. The Morgan fingerprint density at radius 1 is 1.13 bits per heavy atom. The average Bonchev–Trinajstić information content (AvgIpc) is 3.45. The van der Waals surface area contributed by atoms with Crippen LogP contribution in [0.5, 0.6) is 0 Å². The van der Waals surface area contributed by atoms with Gasteiger partial charge in [0.1, 0.15) is 5.69 Å². The van der Waals surface area contributed by atoms with Crippen LogP contribution in [0.2, 0.25) is 0 Å². The molecule has 0 unspecified atom stereocenters. The standard InChI is InChI=1S/C25H29F4N7O3/c1-13-20(35-39-34-13)23(38)33-22(15-5-7-25(28,29)8-6-15)17-12-36-18(31-17)9-16(11-30-36)21(14-3-4-14)32-19(37)10-24(2,26)27/h9,11-12,14-15,21-22H,3-8,10H2,1-2H3,(H,32,37)(H,33,38)/t21-,22+/m1/s1. The van der Waals surface area contributed by atoms with Crippen molar-refractivity contribution in [3.63, 3.8) is 0 Å². The van der Waals surface area contributed by atoms with E-state index in [9.17, 15) is 27.2 Å². The zero-order valence-corrected chi connectivity index (χ0v) is 21.5. The van der Waals surface area contributed by atoms with E-state index >= 15 is 0 Å². The summed E-state index contributed by atoms with van der Waals surface area (Å²) in [4.78, 5) is 29.8. The SMILES string of the molecule is Cc1nonc1C(=O)N[C@H](c1cn2ncc([C@H](NC(=O)CC(C)(F)F)C3CC3)cc2n1)C1CCC(F)(F)CC1. The van der Waals surface area contributed by atoms with Crippen molar-refractivity contribution in [2.75, 3.05) is 0 Å². The van der Waals surface area contributed by atoms with Crippen molar-refractivity contribution in [1.82, 2.24) is 35.5 Å². The third-order valence-corrected chi connectivity index (χ3v) is 7.31. The van der Waals surface area contributed by atoms with Crippen LogP contribution >= 0.6 is 0 Å². The highest BCUT2D eigenvalue weighted by atomic mass is 19.3. The van der Waals surface area contributed by atoms with Crippen molar-refractivity contribution >= 4 is 17.5 Å². The first kappa shape index (κ1) is 27.0. The smallest absolute Gasteiger partial charge is 0.276 e. The maximum absolute atomic E-state index is 13.9. The Morgan fingerprint density at radius 3 is 2.44 bits per heavy atom. The topological polar surface area (TPSA) is 127 Å². The minimum absolute atomic E-state index is 0.00834. The van der Waals surface area contributed by atoms with E-state index in [1.54, 1.807) is 25.4 Å². The van der Waals surface area contributed by atoms with Gasteiger partial charge in [0.25, 0.3) is 11.8 Å². The van der Waals surface area contributed by atoms with Crippen LogP contribution in [0.15, 0.2) is 23.1 Å².